The van der Waals surface area contributed by atoms with Gasteiger partial charge in [0.25, 0.3) is 0 Å². The van der Waals surface area contributed by atoms with Crippen LogP contribution in [0, 0.1) is 0 Å². The summed E-state index contributed by atoms with van der Waals surface area (Å²) >= 11 is 0. The first-order valence-corrected chi connectivity index (χ1v) is 4.88. The van der Waals surface area contributed by atoms with Crippen molar-refractivity contribution in [2.75, 3.05) is 23.7 Å². The molecule has 3 heteroatoms. The Balaban J connectivity index is 2.22. The van der Waals surface area contributed by atoms with Crippen molar-refractivity contribution in [1.82, 2.24) is 0 Å². The SMILES string of the molecule is Nc1ccccc1N1CCCC(=O)C1. The van der Waals surface area contributed by atoms with Gasteiger partial charge in [0.05, 0.1) is 17.9 Å². The van der Waals surface area contributed by atoms with Crippen LogP contribution in [0.1, 0.15) is 12.8 Å². The fourth-order valence-electron chi connectivity index (χ4n) is 1.82. The molecular weight excluding hydrogens is 176 g/mol. The molecule has 0 unspecified atom stereocenters. The summed E-state index contributed by atoms with van der Waals surface area (Å²) in [5.74, 6) is 0.305. The van der Waals surface area contributed by atoms with E-state index >= 15 is 0 Å². The van der Waals surface area contributed by atoms with E-state index in [9.17, 15) is 4.79 Å². The van der Waals surface area contributed by atoms with E-state index in [1.165, 1.54) is 0 Å². The lowest BCUT2D eigenvalue weighted by Gasteiger charge is -2.28. The van der Waals surface area contributed by atoms with Gasteiger partial charge in [0, 0.05) is 13.0 Å². The number of carbonyl (C=O) groups excluding carboxylic acids is 1. The van der Waals surface area contributed by atoms with Crippen LogP contribution in [0.15, 0.2) is 24.3 Å². The summed E-state index contributed by atoms with van der Waals surface area (Å²) in [6, 6.07) is 7.69. The molecule has 1 saturated heterocycles. The van der Waals surface area contributed by atoms with Gasteiger partial charge < -0.3 is 10.6 Å². The summed E-state index contributed by atoms with van der Waals surface area (Å²) in [5.41, 5.74) is 7.58. The van der Waals surface area contributed by atoms with Crippen molar-refractivity contribution in [3.8, 4) is 0 Å². The minimum Gasteiger partial charge on any atom is -0.397 e. The molecule has 0 amide bonds. The minimum atomic E-state index is 0.305. The van der Waals surface area contributed by atoms with E-state index < -0.39 is 0 Å². The second kappa shape index (κ2) is 3.70. The Kier molecular flexibility index (Phi) is 2.39. The third kappa shape index (κ3) is 1.71. The first-order chi connectivity index (χ1) is 6.77. The summed E-state index contributed by atoms with van der Waals surface area (Å²) in [4.78, 5) is 13.3. The van der Waals surface area contributed by atoms with Crippen molar-refractivity contribution in [2.24, 2.45) is 0 Å². The van der Waals surface area contributed by atoms with Crippen LogP contribution in [0.4, 0.5) is 11.4 Å². The second-order valence-corrected chi connectivity index (χ2v) is 3.62. The molecular formula is C11H14N2O. The maximum Gasteiger partial charge on any atom is 0.152 e. The Morgan fingerprint density at radius 2 is 2.07 bits per heavy atom. The highest BCUT2D eigenvalue weighted by Gasteiger charge is 2.17. The molecule has 1 aromatic rings. The Labute approximate surface area is 83.5 Å². The number of nitrogen functional groups attached to an aromatic ring is 1. The van der Waals surface area contributed by atoms with E-state index in [1.807, 2.05) is 24.3 Å². The quantitative estimate of drug-likeness (QED) is 0.681. The van der Waals surface area contributed by atoms with Crippen LogP contribution in [0.2, 0.25) is 0 Å². The van der Waals surface area contributed by atoms with Crippen molar-refractivity contribution < 1.29 is 4.79 Å². The molecule has 74 valence electrons. The molecule has 1 aliphatic rings. The molecule has 2 N–H and O–H groups in total. The third-order valence-electron chi connectivity index (χ3n) is 2.53. The summed E-state index contributed by atoms with van der Waals surface area (Å²) < 4.78 is 0. The molecule has 0 aromatic heterocycles. The maximum atomic E-state index is 11.3. The van der Waals surface area contributed by atoms with Crippen LogP contribution in [-0.4, -0.2) is 18.9 Å². The fraction of sp³-hybridized carbons (Fsp3) is 0.364. The molecule has 3 nitrogen and oxygen atoms in total. The van der Waals surface area contributed by atoms with Crippen molar-refractivity contribution in [3.05, 3.63) is 24.3 Å². The van der Waals surface area contributed by atoms with E-state index in [1.54, 1.807) is 0 Å². The number of para-hydroxylation sites is 2. The van der Waals surface area contributed by atoms with Crippen LogP contribution in [0.25, 0.3) is 0 Å². The summed E-state index contributed by atoms with van der Waals surface area (Å²) in [6.45, 7) is 1.44. The number of hydrogen-bond acceptors (Lipinski definition) is 3. The normalized spacial score (nSPS) is 17.1. The Morgan fingerprint density at radius 1 is 1.29 bits per heavy atom. The standard InChI is InChI=1S/C11H14N2O/c12-10-5-1-2-6-11(10)13-7-3-4-9(14)8-13/h1-2,5-6H,3-4,7-8,12H2. The average molecular weight is 190 g/mol. The summed E-state index contributed by atoms with van der Waals surface area (Å²) in [6.07, 6.45) is 1.65. The topological polar surface area (TPSA) is 46.3 Å². The van der Waals surface area contributed by atoms with E-state index in [-0.39, 0.29) is 0 Å². The van der Waals surface area contributed by atoms with Gasteiger partial charge >= 0.3 is 0 Å². The number of piperidine rings is 1. The molecule has 1 aliphatic heterocycles. The van der Waals surface area contributed by atoms with Gasteiger partial charge in [0.1, 0.15) is 0 Å². The van der Waals surface area contributed by atoms with Crippen LogP contribution in [0.5, 0.6) is 0 Å². The van der Waals surface area contributed by atoms with Gasteiger partial charge in [-0.1, -0.05) is 12.1 Å². The largest absolute Gasteiger partial charge is 0.397 e. The van der Waals surface area contributed by atoms with Gasteiger partial charge in [-0.25, -0.2) is 0 Å². The number of nitrogens with two attached hydrogens (primary N) is 1. The number of carbonyl (C=O) groups is 1. The lowest BCUT2D eigenvalue weighted by Crippen LogP contribution is -2.35. The monoisotopic (exact) mass is 190 g/mol. The molecule has 1 aromatic carbocycles. The molecule has 1 heterocycles. The zero-order valence-corrected chi connectivity index (χ0v) is 8.07. The minimum absolute atomic E-state index is 0.305. The van der Waals surface area contributed by atoms with Gasteiger partial charge in [-0.3, -0.25) is 4.79 Å². The Hall–Kier alpha value is -1.51. The average Bonchev–Trinajstić information content (AvgIpc) is 2.18. The number of nitrogens with zero attached hydrogens (tertiary/aromatic N) is 1. The smallest absolute Gasteiger partial charge is 0.152 e. The van der Waals surface area contributed by atoms with E-state index in [0.717, 1.165) is 24.3 Å². The van der Waals surface area contributed by atoms with Gasteiger partial charge in [-0.2, -0.15) is 0 Å². The number of rotatable bonds is 1. The van der Waals surface area contributed by atoms with E-state index in [2.05, 4.69) is 4.90 Å². The van der Waals surface area contributed by atoms with Crippen molar-refractivity contribution >= 4 is 17.2 Å². The molecule has 1 fully saturated rings. The highest BCUT2D eigenvalue weighted by atomic mass is 16.1. The molecule has 0 spiro atoms. The fourth-order valence-corrected chi connectivity index (χ4v) is 1.82. The first-order valence-electron chi connectivity index (χ1n) is 4.88. The third-order valence-corrected chi connectivity index (χ3v) is 2.53. The number of benzene rings is 1. The maximum absolute atomic E-state index is 11.3. The van der Waals surface area contributed by atoms with Crippen molar-refractivity contribution in [1.29, 1.82) is 0 Å². The molecule has 0 aliphatic carbocycles. The van der Waals surface area contributed by atoms with E-state index in [4.69, 9.17) is 5.73 Å². The number of anilines is 2. The predicted molar refractivity (Wildman–Crippen MR) is 57.3 cm³/mol. The zero-order chi connectivity index (χ0) is 9.97. The van der Waals surface area contributed by atoms with Gasteiger partial charge in [0.2, 0.25) is 0 Å². The lowest BCUT2D eigenvalue weighted by atomic mass is 10.1. The van der Waals surface area contributed by atoms with Gasteiger partial charge in [-0.15, -0.1) is 0 Å². The van der Waals surface area contributed by atoms with Crippen LogP contribution >= 0.6 is 0 Å². The van der Waals surface area contributed by atoms with Crippen molar-refractivity contribution in [3.63, 3.8) is 0 Å². The summed E-state index contributed by atoms with van der Waals surface area (Å²) in [7, 11) is 0. The second-order valence-electron chi connectivity index (χ2n) is 3.62. The Bertz CT molecular complexity index is 349. The Morgan fingerprint density at radius 3 is 2.79 bits per heavy atom. The molecule has 14 heavy (non-hydrogen) atoms. The molecule has 0 radical (unpaired) electrons. The first kappa shape index (κ1) is 9.06. The molecule has 0 saturated carbocycles. The van der Waals surface area contributed by atoms with Crippen LogP contribution in [-0.2, 0) is 4.79 Å². The molecule has 0 atom stereocenters. The number of ketones is 1. The lowest BCUT2D eigenvalue weighted by molar-refractivity contribution is -0.118. The molecule has 0 bridgehead atoms. The van der Waals surface area contributed by atoms with E-state index in [0.29, 0.717) is 18.7 Å². The highest BCUT2D eigenvalue weighted by molar-refractivity contribution is 5.86. The van der Waals surface area contributed by atoms with Gasteiger partial charge in [-0.05, 0) is 18.6 Å². The number of Topliss-reactive ketones (excluding diaryl/α,β-unsaturated/α-hetero) is 1. The summed E-state index contributed by atoms with van der Waals surface area (Å²) in [5, 5.41) is 0. The van der Waals surface area contributed by atoms with Gasteiger partial charge in [0.15, 0.2) is 5.78 Å². The van der Waals surface area contributed by atoms with Crippen LogP contribution < -0.4 is 10.6 Å². The molecule has 2 rings (SSSR count). The number of hydrogen-bond donors (Lipinski definition) is 1. The van der Waals surface area contributed by atoms with Crippen LogP contribution in [0.3, 0.4) is 0 Å². The zero-order valence-electron chi connectivity index (χ0n) is 8.07. The van der Waals surface area contributed by atoms with Crippen molar-refractivity contribution in [2.45, 2.75) is 12.8 Å². The highest BCUT2D eigenvalue weighted by Crippen LogP contribution is 2.24. The predicted octanol–water partition coefficient (Wildman–Crippen LogP) is 1.44.